The van der Waals surface area contributed by atoms with Crippen LogP contribution in [-0.2, 0) is 0 Å². The molecule has 0 spiro atoms. The molecule has 0 aliphatic rings. The van der Waals surface area contributed by atoms with Crippen LogP contribution in [0, 0.1) is 6.92 Å². The van der Waals surface area contributed by atoms with Gasteiger partial charge in [-0.1, -0.05) is 0 Å². The maximum Gasteiger partial charge on any atom is 0.257 e. The lowest BCUT2D eigenvalue weighted by molar-refractivity contribution is 0.0977. The quantitative estimate of drug-likeness (QED) is 0.747. The normalized spacial score (nSPS) is 10.4. The van der Waals surface area contributed by atoms with E-state index in [9.17, 15) is 4.79 Å². The average Bonchev–Trinajstić information content (AvgIpc) is 2.51. The van der Waals surface area contributed by atoms with Gasteiger partial charge in [-0.15, -0.1) is 0 Å². The van der Waals surface area contributed by atoms with Crippen molar-refractivity contribution in [2.75, 3.05) is 5.32 Å². The molecule has 1 aromatic carbocycles. The minimum absolute atomic E-state index is 0.0864. The molecule has 24 heavy (non-hydrogen) atoms. The van der Waals surface area contributed by atoms with Crippen LogP contribution in [0.5, 0.6) is 5.75 Å². The first-order chi connectivity index (χ1) is 11.3. The Morgan fingerprint density at radius 2 is 1.88 bits per heavy atom. The topological polar surface area (TPSA) is 63.2 Å². The Balaban J connectivity index is 1.95. The van der Waals surface area contributed by atoms with Crippen LogP contribution in [-0.4, -0.2) is 22.1 Å². The van der Waals surface area contributed by atoms with Crippen molar-refractivity contribution in [2.24, 2.45) is 0 Å². The third kappa shape index (κ3) is 5.28. The summed E-state index contributed by atoms with van der Waals surface area (Å²) in [4.78, 5) is 16.5. The van der Waals surface area contributed by atoms with Crippen LogP contribution in [0.2, 0.25) is 0 Å². The first-order valence-electron chi connectivity index (χ1n) is 7.37. The molecule has 0 unspecified atom stereocenters. The van der Waals surface area contributed by atoms with Gasteiger partial charge in [-0.05, 0) is 85.3 Å². The summed E-state index contributed by atoms with van der Waals surface area (Å²) in [5.74, 6) is 0.996. The molecular weight excluding hydrogens is 390 g/mol. The molecule has 2 rings (SSSR count). The lowest BCUT2D eigenvalue weighted by Crippen LogP contribution is -2.34. The summed E-state index contributed by atoms with van der Waals surface area (Å²) in [6.07, 6.45) is 0.0864. The Morgan fingerprint density at radius 3 is 2.46 bits per heavy atom. The highest BCUT2D eigenvalue weighted by atomic mass is 79.9. The van der Waals surface area contributed by atoms with Gasteiger partial charge in [0.2, 0.25) is 0 Å². The van der Waals surface area contributed by atoms with Gasteiger partial charge in [0.05, 0.1) is 11.8 Å². The molecule has 1 heterocycles. The minimum atomic E-state index is -0.294. The second-order valence-electron chi connectivity index (χ2n) is 5.36. The number of nitrogens with zero attached hydrogens (tertiary/aromatic N) is 1. The monoisotopic (exact) mass is 407 g/mol. The van der Waals surface area contributed by atoms with E-state index in [1.807, 2.05) is 26.8 Å². The van der Waals surface area contributed by atoms with E-state index in [1.165, 1.54) is 0 Å². The van der Waals surface area contributed by atoms with E-state index in [4.69, 9.17) is 17.0 Å². The molecular formula is C17H18BrN3O2S. The molecule has 0 saturated carbocycles. The van der Waals surface area contributed by atoms with Crippen molar-refractivity contribution in [3.63, 3.8) is 0 Å². The standard InChI is InChI=1S/C17H18BrN3O2S/c1-10(2)23-13-6-4-12(5-7-13)16(22)21-17(24)20-15-9-8-14(18)11(3)19-15/h4-10H,1-3H3,(H2,19,20,21,22,24). The van der Waals surface area contributed by atoms with Gasteiger partial charge in [-0.2, -0.15) is 0 Å². The van der Waals surface area contributed by atoms with Gasteiger partial charge in [0.15, 0.2) is 5.11 Å². The molecule has 5 nitrogen and oxygen atoms in total. The molecule has 0 fully saturated rings. The SMILES string of the molecule is Cc1nc(NC(=S)NC(=O)c2ccc(OC(C)C)cc2)ccc1Br. The van der Waals surface area contributed by atoms with Gasteiger partial charge >= 0.3 is 0 Å². The van der Waals surface area contributed by atoms with Gasteiger partial charge in [0.25, 0.3) is 5.91 Å². The molecule has 1 amide bonds. The third-order valence-electron chi connectivity index (χ3n) is 2.98. The highest BCUT2D eigenvalue weighted by Gasteiger charge is 2.09. The van der Waals surface area contributed by atoms with Crippen molar-refractivity contribution in [1.82, 2.24) is 10.3 Å². The number of carbonyl (C=O) groups excluding carboxylic acids is 1. The maximum atomic E-state index is 12.2. The highest BCUT2D eigenvalue weighted by molar-refractivity contribution is 9.10. The number of amides is 1. The number of pyridine rings is 1. The van der Waals surface area contributed by atoms with Gasteiger partial charge < -0.3 is 10.1 Å². The molecule has 0 aliphatic carbocycles. The zero-order chi connectivity index (χ0) is 17.7. The summed E-state index contributed by atoms with van der Waals surface area (Å²) in [7, 11) is 0. The van der Waals surface area contributed by atoms with Crippen molar-refractivity contribution in [3.05, 3.63) is 52.1 Å². The first kappa shape index (κ1) is 18.4. The summed E-state index contributed by atoms with van der Waals surface area (Å²) >= 11 is 8.54. The Labute approximate surface area is 154 Å². The molecule has 1 aromatic heterocycles. The Morgan fingerprint density at radius 1 is 1.21 bits per heavy atom. The molecule has 2 N–H and O–H groups in total. The van der Waals surface area contributed by atoms with Crippen LogP contribution in [0.15, 0.2) is 40.9 Å². The second-order valence-corrected chi connectivity index (χ2v) is 6.63. The second kappa shape index (κ2) is 8.21. The number of carbonyl (C=O) groups is 1. The summed E-state index contributed by atoms with van der Waals surface area (Å²) in [5.41, 5.74) is 1.32. The third-order valence-corrected chi connectivity index (χ3v) is 4.02. The van der Waals surface area contributed by atoms with Gasteiger partial charge in [0.1, 0.15) is 11.6 Å². The fourth-order valence-corrected chi connectivity index (χ4v) is 2.31. The average molecular weight is 408 g/mol. The number of rotatable bonds is 4. The number of aromatic nitrogens is 1. The zero-order valence-corrected chi connectivity index (χ0v) is 16.0. The summed E-state index contributed by atoms with van der Waals surface area (Å²) in [6.45, 7) is 5.77. The number of nitrogens with one attached hydrogen (secondary N) is 2. The maximum absolute atomic E-state index is 12.2. The minimum Gasteiger partial charge on any atom is -0.491 e. The van der Waals surface area contributed by atoms with Gasteiger partial charge in [0, 0.05) is 10.0 Å². The number of anilines is 1. The van der Waals surface area contributed by atoms with Crippen molar-refractivity contribution >= 4 is 45.0 Å². The molecule has 0 bridgehead atoms. The molecule has 0 aliphatic heterocycles. The van der Waals surface area contributed by atoms with Crippen LogP contribution in [0.4, 0.5) is 5.82 Å². The highest BCUT2D eigenvalue weighted by Crippen LogP contribution is 2.16. The number of halogens is 1. The molecule has 2 aromatic rings. The van der Waals surface area contributed by atoms with E-state index in [-0.39, 0.29) is 17.1 Å². The Kier molecular flexibility index (Phi) is 6.28. The van der Waals surface area contributed by atoms with Gasteiger partial charge in [-0.25, -0.2) is 4.98 Å². The summed E-state index contributed by atoms with van der Waals surface area (Å²) < 4.78 is 6.46. The summed E-state index contributed by atoms with van der Waals surface area (Å²) in [6, 6.07) is 10.5. The fraction of sp³-hybridized carbons (Fsp3) is 0.235. The zero-order valence-electron chi connectivity index (χ0n) is 13.6. The van der Waals surface area contributed by atoms with Crippen molar-refractivity contribution in [3.8, 4) is 5.75 Å². The largest absolute Gasteiger partial charge is 0.491 e. The van der Waals surface area contributed by atoms with E-state index in [0.717, 1.165) is 15.9 Å². The predicted octanol–water partition coefficient (Wildman–Crippen LogP) is 4.07. The molecule has 126 valence electrons. The van der Waals surface area contributed by atoms with Crippen LogP contribution in [0.1, 0.15) is 29.9 Å². The lowest BCUT2D eigenvalue weighted by atomic mass is 10.2. The van der Waals surface area contributed by atoms with Crippen molar-refractivity contribution < 1.29 is 9.53 Å². The van der Waals surface area contributed by atoms with Crippen molar-refractivity contribution in [1.29, 1.82) is 0 Å². The smallest absolute Gasteiger partial charge is 0.257 e. The molecule has 0 radical (unpaired) electrons. The summed E-state index contributed by atoms with van der Waals surface area (Å²) in [5, 5.41) is 5.71. The number of aryl methyl sites for hydroxylation is 1. The number of hydrogen-bond acceptors (Lipinski definition) is 4. The Bertz CT molecular complexity index is 748. The fourth-order valence-electron chi connectivity index (χ4n) is 1.89. The van der Waals surface area contributed by atoms with E-state index in [1.54, 1.807) is 30.3 Å². The van der Waals surface area contributed by atoms with Crippen LogP contribution in [0.3, 0.4) is 0 Å². The van der Waals surface area contributed by atoms with Crippen LogP contribution >= 0.6 is 28.1 Å². The van der Waals surface area contributed by atoms with Crippen LogP contribution in [0.25, 0.3) is 0 Å². The van der Waals surface area contributed by atoms with Crippen molar-refractivity contribution in [2.45, 2.75) is 26.9 Å². The van der Waals surface area contributed by atoms with Gasteiger partial charge in [-0.3, -0.25) is 10.1 Å². The molecule has 0 atom stereocenters. The predicted molar refractivity (Wildman–Crippen MR) is 103 cm³/mol. The lowest BCUT2D eigenvalue weighted by Gasteiger charge is -2.11. The number of thiocarbonyl (C=S) groups is 1. The van der Waals surface area contributed by atoms with E-state index in [2.05, 4.69) is 31.5 Å². The van der Waals surface area contributed by atoms with E-state index < -0.39 is 0 Å². The number of ether oxygens (including phenoxy) is 1. The molecule has 0 saturated heterocycles. The number of benzene rings is 1. The number of hydrogen-bond donors (Lipinski definition) is 2. The van der Waals surface area contributed by atoms with E-state index >= 15 is 0 Å². The molecule has 7 heteroatoms. The Hall–Kier alpha value is -1.99. The van der Waals surface area contributed by atoms with Crippen LogP contribution < -0.4 is 15.4 Å². The van der Waals surface area contributed by atoms with E-state index in [0.29, 0.717) is 11.4 Å². The first-order valence-corrected chi connectivity index (χ1v) is 8.57.